The van der Waals surface area contributed by atoms with Crippen molar-refractivity contribution in [3.63, 3.8) is 0 Å². The van der Waals surface area contributed by atoms with Crippen LogP contribution in [0.1, 0.15) is 10.5 Å². The van der Waals surface area contributed by atoms with Gasteiger partial charge in [-0.05, 0) is 36.4 Å². The molecule has 6 heteroatoms. The summed E-state index contributed by atoms with van der Waals surface area (Å²) >= 11 is 5.63. The zero-order valence-electron chi connectivity index (χ0n) is 10.2. The molecule has 1 amide bonds. The van der Waals surface area contributed by atoms with E-state index >= 15 is 0 Å². The molecule has 0 aliphatic heterocycles. The first-order chi connectivity index (χ1) is 9.72. The first-order valence-corrected chi connectivity index (χ1v) is 6.25. The highest BCUT2D eigenvalue weighted by molar-refractivity contribution is 6.29. The largest absolute Gasteiger partial charge is 0.321 e. The van der Waals surface area contributed by atoms with E-state index in [4.69, 9.17) is 11.6 Å². The lowest BCUT2D eigenvalue weighted by molar-refractivity contribution is 0.102. The fourth-order valence-electron chi connectivity index (χ4n) is 1.79. The van der Waals surface area contributed by atoms with E-state index in [9.17, 15) is 4.79 Å². The molecule has 2 aromatic heterocycles. The molecule has 5 nitrogen and oxygen atoms in total. The van der Waals surface area contributed by atoms with Crippen LogP contribution in [0.3, 0.4) is 0 Å². The van der Waals surface area contributed by atoms with Gasteiger partial charge in [-0.3, -0.25) is 9.78 Å². The van der Waals surface area contributed by atoms with Crippen LogP contribution in [-0.4, -0.2) is 21.1 Å². The van der Waals surface area contributed by atoms with E-state index in [1.165, 1.54) is 12.1 Å². The number of hydrogen-bond acceptors (Lipinski definition) is 4. The number of anilines is 1. The molecular weight excluding hydrogens is 276 g/mol. The third kappa shape index (κ3) is 2.57. The number of rotatable bonds is 2. The summed E-state index contributed by atoms with van der Waals surface area (Å²) in [6.45, 7) is 0. The van der Waals surface area contributed by atoms with E-state index in [1.807, 2.05) is 24.3 Å². The van der Waals surface area contributed by atoms with Crippen LogP contribution in [0, 0.1) is 0 Å². The monoisotopic (exact) mass is 284 g/mol. The lowest BCUT2D eigenvalue weighted by Crippen LogP contribution is -2.14. The quantitative estimate of drug-likeness (QED) is 0.785. The molecule has 0 bridgehead atoms. The molecule has 0 spiro atoms. The molecule has 0 radical (unpaired) electrons. The predicted molar refractivity (Wildman–Crippen MR) is 76.7 cm³/mol. The second kappa shape index (κ2) is 5.22. The number of carbonyl (C=O) groups excluding carboxylic acids is 1. The van der Waals surface area contributed by atoms with E-state index in [1.54, 1.807) is 12.3 Å². The van der Waals surface area contributed by atoms with Crippen LogP contribution in [0.4, 0.5) is 5.69 Å². The topological polar surface area (TPSA) is 67.8 Å². The van der Waals surface area contributed by atoms with E-state index in [-0.39, 0.29) is 16.8 Å². The smallest absolute Gasteiger partial charge is 0.276 e. The lowest BCUT2D eigenvalue weighted by Gasteiger charge is -2.05. The number of aromatic nitrogens is 3. The van der Waals surface area contributed by atoms with Gasteiger partial charge in [0.05, 0.1) is 5.52 Å². The van der Waals surface area contributed by atoms with Crippen molar-refractivity contribution < 1.29 is 4.79 Å². The Morgan fingerprint density at radius 3 is 2.80 bits per heavy atom. The number of hydrogen-bond donors (Lipinski definition) is 1. The molecule has 0 saturated heterocycles. The number of nitrogens with zero attached hydrogens (tertiary/aromatic N) is 3. The fraction of sp³-hybridized carbons (Fsp3) is 0. The van der Waals surface area contributed by atoms with Gasteiger partial charge in [-0.1, -0.05) is 17.7 Å². The summed E-state index contributed by atoms with van der Waals surface area (Å²) in [5, 5.41) is 11.3. The third-order valence-electron chi connectivity index (χ3n) is 2.73. The summed E-state index contributed by atoms with van der Waals surface area (Å²) in [4.78, 5) is 16.2. The Bertz CT molecular complexity index is 773. The van der Waals surface area contributed by atoms with Gasteiger partial charge in [-0.2, -0.15) is 0 Å². The highest BCUT2D eigenvalue weighted by Crippen LogP contribution is 2.17. The molecule has 3 rings (SSSR count). The third-order valence-corrected chi connectivity index (χ3v) is 2.93. The lowest BCUT2D eigenvalue weighted by atomic mass is 10.2. The molecule has 0 saturated carbocycles. The standard InChI is InChI=1S/C14H9ClN4O/c15-13-6-5-12(18-19-13)14(20)17-10-3-4-11-9(8-10)2-1-7-16-11/h1-8H,(H,17,20). The van der Waals surface area contributed by atoms with Crippen molar-refractivity contribution in [2.75, 3.05) is 5.32 Å². The highest BCUT2D eigenvalue weighted by atomic mass is 35.5. The molecule has 3 aromatic rings. The van der Waals surface area contributed by atoms with E-state index in [0.29, 0.717) is 5.69 Å². The normalized spacial score (nSPS) is 10.4. The van der Waals surface area contributed by atoms with Crippen LogP contribution in [0.25, 0.3) is 10.9 Å². The van der Waals surface area contributed by atoms with Gasteiger partial charge in [0, 0.05) is 17.3 Å². The Hall–Kier alpha value is -2.53. The van der Waals surface area contributed by atoms with Crippen molar-refractivity contribution in [1.29, 1.82) is 0 Å². The van der Waals surface area contributed by atoms with Crippen molar-refractivity contribution in [2.45, 2.75) is 0 Å². The molecule has 98 valence electrons. The maximum atomic E-state index is 12.0. The van der Waals surface area contributed by atoms with Gasteiger partial charge >= 0.3 is 0 Å². The molecule has 20 heavy (non-hydrogen) atoms. The second-order valence-electron chi connectivity index (χ2n) is 4.11. The van der Waals surface area contributed by atoms with Crippen LogP contribution in [0.15, 0.2) is 48.7 Å². The van der Waals surface area contributed by atoms with Gasteiger partial charge in [0.2, 0.25) is 0 Å². The summed E-state index contributed by atoms with van der Waals surface area (Å²) in [6.07, 6.45) is 1.73. The van der Waals surface area contributed by atoms with E-state index in [2.05, 4.69) is 20.5 Å². The zero-order chi connectivity index (χ0) is 13.9. The summed E-state index contributed by atoms with van der Waals surface area (Å²) in [5.74, 6) is -0.336. The van der Waals surface area contributed by atoms with Crippen LogP contribution < -0.4 is 5.32 Å². The molecule has 0 aliphatic rings. The Morgan fingerprint density at radius 2 is 2.00 bits per heavy atom. The average molecular weight is 285 g/mol. The summed E-state index contributed by atoms with van der Waals surface area (Å²) < 4.78 is 0. The molecule has 0 fully saturated rings. The van der Waals surface area contributed by atoms with Gasteiger partial charge in [0.1, 0.15) is 0 Å². The number of pyridine rings is 1. The minimum atomic E-state index is -0.336. The van der Waals surface area contributed by atoms with E-state index < -0.39 is 0 Å². The number of halogens is 1. The molecule has 2 heterocycles. The number of carbonyl (C=O) groups is 1. The molecule has 1 aromatic carbocycles. The van der Waals surface area contributed by atoms with Crippen molar-refractivity contribution in [1.82, 2.24) is 15.2 Å². The maximum Gasteiger partial charge on any atom is 0.276 e. The van der Waals surface area contributed by atoms with Gasteiger partial charge in [-0.25, -0.2) is 0 Å². The van der Waals surface area contributed by atoms with Crippen LogP contribution >= 0.6 is 11.6 Å². The summed E-state index contributed by atoms with van der Waals surface area (Å²) in [6, 6.07) is 12.3. The van der Waals surface area contributed by atoms with Crippen molar-refractivity contribution in [2.24, 2.45) is 0 Å². The first kappa shape index (κ1) is 12.5. The first-order valence-electron chi connectivity index (χ1n) is 5.88. The molecule has 0 unspecified atom stereocenters. The Kier molecular flexibility index (Phi) is 3.26. The molecule has 0 aliphatic carbocycles. The van der Waals surface area contributed by atoms with Crippen molar-refractivity contribution >= 4 is 34.1 Å². The average Bonchev–Trinajstić information content (AvgIpc) is 2.48. The molecule has 0 atom stereocenters. The maximum absolute atomic E-state index is 12.0. The minimum Gasteiger partial charge on any atom is -0.321 e. The predicted octanol–water partition coefficient (Wildman–Crippen LogP) is 2.93. The number of benzene rings is 1. The number of fused-ring (bicyclic) bond motifs is 1. The van der Waals surface area contributed by atoms with Crippen LogP contribution in [0.2, 0.25) is 5.15 Å². The highest BCUT2D eigenvalue weighted by Gasteiger charge is 2.08. The zero-order valence-corrected chi connectivity index (χ0v) is 11.0. The van der Waals surface area contributed by atoms with Crippen LogP contribution in [0.5, 0.6) is 0 Å². The van der Waals surface area contributed by atoms with Crippen molar-refractivity contribution in [3.8, 4) is 0 Å². The summed E-state index contributed by atoms with van der Waals surface area (Å²) in [5.41, 5.74) is 1.75. The van der Waals surface area contributed by atoms with Gasteiger partial charge in [0.25, 0.3) is 5.91 Å². The Balaban J connectivity index is 1.85. The van der Waals surface area contributed by atoms with Gasteiger partial charge in [-0.15, -0.1) is 10.2 Å². The van der Waals surface area contributed by atoms with Gasteiger partial charge < -0.3 is 5.32 Å². The van der Waals surface area contributed by atoms with Crippen LogP contribution in [-0.2, 0) is 0 Å². The number of nitrogens with one attached hydrogen (secondary N) is 1. The molecule has 1 N–H and O–H groups in total. The number of amides is 1. The van der Waals surface area contributed by atoms with E-state index in [0.717, 1.165) is 10.9 Å². The Morgan fingerprint density at radius 1 is 1.10 bits per heavy atom. The van der Waals surface area contributed by atoms with Crippen molar-refractivity contribution in [3.05, 3.63) is 59.5 Å². The van der Waals surface area contributed by atoms with Gasteiger partial charge in [0.15, 0.2) is 10.8 Å². The minimum absolute atomic E-state index is 0.209. The summed E-state index contributed by atoms with van der Waals surface area (Å²) in [7, 11) is 0. The Labute approximate surface area is 119 Å². The SMILES string of the molecule is O=C(Nc1ccc2ncccc2c1)c1ccc(Cl)nn1. The second-order valence-corrected chi connectivity index (χ2v) is 4.49. The molecular formula is C14H9ClN4O. The fourth-order valence-corrected chi connectivity index (χ4v) is 1.89.